The fraction of sp³-hybridized carbons (Fsp3) is 0.375. The summed E-state index contributed by atoms with van der Waals surface area (Å²) in [6.45, 7) is 2.98. The number of hydrogen-bond acceptors (Lipinski definition) is 5. The number of amides is 2. The SMILES string of the molecule is Cc1nnc(C(=O)N2CCC(C(=O)Nc3ccccc3)CC2)s1. The van der Waals surface area contributed by atoms with Gasteiger partial charge in [-0.1, -0.05) is 29.5 Å². The molecule has 1 aromatic heterocycles. The summed E-state index contributed by atoms with van der Waals surface area (Å²) in [6, 6.07) is 9.43. The Balaban J connectivity index is 1.54. The fourth-order valence-corrected chi connectivity index (χ4v) is 3.29. The average molecular weight is 330 g/mol. The maximum atomic E-state index is 12.3. The highest BCUT2D eigenvalue weighted by molar-refractivity contribution is 7.13. The van der Waals surface area contributed by atoms with Crippen LogP contribution in [0, 0.1) is 12.8 Å². The van der Waals surface area contributed by atoms with Gasteiger partial charge in [0.2, 0.25) is 10.9 Å². The molecular formula is C16H18N4O2S. The highest BCUT2D eigenvalue weighted by Crippen LogP contribution is 2.21. The van der Waals surface area contributed by atoms with E-state index in [4.69, 9.17) is 0 Å². The van der Waals surface area contributed by atoms with Gasteiger partial charge in [-0.3, -0.25) is 9.59 Å². The van der Waals surface area contributed by atoms with E-state index in [2.05, 4.69) is 15.5 Å². The number of anilines is 1. The predicted octanol–water partition coefficient (Wildman–Crippen LogP) is 2.34. The van der Waals surface area contributed by atoms with Crippen LogP contribution in [0.3, 0.4) is 0 Å². The second-order valence-electron chi connectivity index (χ2n) is 5.55. The van der Waals surface area contributed by atoms with Gasteiger partial charge in [0.1, 0.15) is 5.01 Å². The first-order chi connectivity index (χ1) is 11.1. The van der Waals surface area contributed by atoms with Crippen LogP contribution in [0.4, 0.5) is 5.69 Å². The third-order valence-electron chi connectivity index (χ3n) is 3.90. The first-order valence-corrected chi connectivity index (χ1v) is 8.40. The van der Waals surface area contributed by atoms with Crippen molar-refractivity contribution in [3.63, 3.8) is 0 Å². The Labute approximate surface area is 138 Å². The van der Waals surface area contributed by atoms with Crippen molar-refractivity contribution >= 4 is 28.8 Å². The monoisotopic (exact) mass is 330 g/mol. The van der Waals surface area contributed by atoms with Gasteiger partial charge in [0.15, 0.2) is 0 Å². The number of nitrogens with one attached hydrogen (secondary N) is 1. The molecule has 0 bridgehead atoms. The zero-order chi connectivity index (χ0) is 16.2. The van der Waals surface area contributed by atoms with Crippen molar-refractivity contribution in [3.8, 4) is 0 Å². The number of aromatic nitrogens is 2. The molecule has 0 unspecified atom stereocenters. The molecule has 0 aliphatic carbocycles. The summed E-state index contributed by atoms with van der Waals surface area (Å²) < 4.78 is 0. The van der Waals surface area contributed by atoms with Gasteiger partial charge in [-0.2, -0.15) is 0 Å². The number of hydrogen-bond donors (Lipinski definition) is 1. The Morgan fingerprint density at radius 3 is 2.48 bits per heavy atom. The molecule has 0 spiro atoms. The van der Waals surface area contributed by atoms with E-state index in [1.54, 1.807) is 4.90 Å². The largest absolute Gasteiger partial charge is 0.336 e. The van der Waals surface area contributed by atoms with Gasteiger partial charge >= 0.3 is 0 Å². The molecule has 1 aliphatic rings. The molecule has 2 amide bonds. The lowest BCUT2D eigenvalue weighted by molar-refractivity contribution is -0.121. The normalized spacial score (nSPS) is 15.4. The zero-order valence-corrected chi connectivity index (χ0v) is 13.7. The Morgan fingerprint density at radius 2 is 1.87 bits per heavy atom. The molecule has 3 rings (SSSR count). The molecule has 0 saturated carbocycles. The van der Waals surface area contributed by atoms with Crippen LogP contribution >= 0.6 is 11.3 Å². The molecule has 120 valence electrons. The van der Waals surface area contributed by atoms with Crippen LogP contribution in [0.5, 0.6) is 0 Å². The third kappa shape index (κ3) is 3.73. The summed E-state index contributed by atoms with van der Waals surface area (Å²) in [4.78, 5) is 26.4. The topological polar surface area (TPSA) is 75.2 Å². The molecular weight excluding hydrogens is 312 g/mol. The van der Waals surface area contributed by atoms with E-state index >= 15 is 0 Å². The molecule has 0 radical (unpaired) electrons. The quantitative estimate of drug-likeness (QED) is 0.937. The smallest absolute Gasteiger partial charge is 0.284 e. The van der Waals surface area contributed by atoms with E-state index in [1.165, 1.54) is 11.3 Å². The van der Waals surface area contributed by atoms with Crippen LogP contribution in [0.1, 0.15) is 27.7 Å². The summed E-state index contributed by atoms with van der Waals surface area (Å²) >= 11 is 1.31. The molecule has 2 heterocycles. The van der Waals surface area contributed by atoms with Crippen molar-refractivity contribution in [1.29, 1.82) is 0 Å². The number of aryl methyl sites for hydroxylation is 1. The van der Waals surface area contributed by atoms with E-state index in [1.807, 2.05) is 37.3 Å². The lowest BCUT2D eigenvalue weighted by Crippen LogP contribution is -2.41. The number of benzene rings is 1. The average Bonchev–Trinajstić information content (AvgIpc) is 3.02. The molecule has 1 aliphatic heterocycles. The fourth-order valence-electron chi connectivity index (χ4n) is 2.63. The second-order valence-corrected chi connectivity index (χ2v) is 6.73. The number of rotatable bonds is 3. The van der Waals surface area contributed by atoms with Crippen LogP contribution in [0.25, 0.3) is 0 Å². The predicted molar refractivity (Wildman–Crippen MR) is 88.3 cm³/mol. The first-order valence-electron chi connectivity index (χ1n) is 7.59. The van der Waals surface area contributed by atoms with Gasteiger partial charge in [0.25, 0.3) is 5.91 Å². The van der Waals surface area contributed by atoms with Crippen molar-refractivity contribution in [2.45, 2.75) is 19.8 Å². The summed E-state index contributed by atoms with van der Waals surface area (Å²) in [5, 5.41) is 11.9. The number of carbonyl (C=O) groups is 2. The molecule has 1 N–H and O–H groups in total. The van der Waals surface area contributed by atoms with Crippen molar-refractivity contribution in [2.24, 2.45) is 5.92 Å². The van der Waals surface area contributed by atoms with Crippen LogP contribution in [0.2, 0.25) is 0 Å². The molecule has 2 aromatic rings. The van der Waals surface area contributed by atoms with E-state index in [9.17, 15) is 9.59 Å². The van der Waals surface area contributed by atoms with Gasteiger partial charge in [-0.25, -0.2) is 0 Å². The molecule has 1 aromatic carbocycles. The first kappa shape index (κ1) is 15.6. The lowest BCUT2D eigenvalue weighted by atomic mass is 9.95. The van der Waals surface area contributed by atoms with Gasteiger partial charge in [0.05, 0.1) is 0 Å². The number of piperidine rings is 1. The van der Waals surface area contributed by atoms with E-state index < -0.39 is 0 Å². The summed E-state index contributed by atoms with van der Waals surface area (Å²) in [6.07, 6.45) is 1.34. The van der Waals surface area contributed by atoms with Crippen LogP contribution in [-0.2, 0) is 4.79 Å². The molecule has 0 atom stereocenters. The highest BCUT2D eigenvalue weighted by Gasteiger charge is 2.29. The molecule has 7 heteroatoms. The molecule has 6 nitrogen and oxygen atoms in total. The van der Waals surface area contributed by atoms with Crippen LogP contribution in [0.15, 0.2) is 30.3 Å². The van der Waals surface area contributed by atoms with Crippen molar-refractivity contribution in [1.82, 2.24) is 15.1 Å². The van der Waals surface area contributed by atoms with Gasteiger partial charge < -0.3 is 10.2 Å². The minimum Gasteiger partial charge on any atom is -0.336 e. The number of likely N-dealkylation sites (tertiary alicyclic amines) is 1. The third-order valence-corrected chi connectivity index (χ3v) is 4.73. The maximum absolute atomic E-state index is 12.3. The minimum absolute atomic E-state index is 0.0232. The summed E-state index contributed by atoms with van der Waals surface area (Å²) in [7, 11) is 0. The van der Waals surface area contributed by atoms with Crippen LogP contribution < -0.4 is 5.32 Å². The minimum atomic E-state index is -0.0856. The van der Waals surface area contributed by atoms with E-state index in [0.717, 1.165) is 10.7 Å². The Hall–Kier alpha value is -2.28. The lowest BCUT2D eigenvalue weighted by Gasteiger charge is -2.30. The number of nitrogens with zero attached hydrogens (tertiary/aromatic N) is 3. The Kier molecular flexibility index (Phi) is 4.66. The highest BCUT2D eigenvalue weighted by atomic mass is 32.1. The number of para-hydroxylation sites is 1. The van der Waals surface area contributed by atoms with Crippen LogP contribution in [-0.4, -0.2) is 40.0 Å². The van der Waals surface area contributed by atoms with E-state index in [0.29, 0.717) is 30.9 Å². The maximum Gasteiger partial charge on any atom is 0.284 e. The second kappa shape index (κ2) is 6.87. The van der Waals surface area contributed by atoms with Gasteiger partial charge in [0, 0.05) is 24.7 Å². The molecule has 1 saturated heterocycles. The standard InChI is InChI=1S/C16H18N4O2S/c1-11-18-19-15(23-11)16(22)20-9-7-12(8-10-20)14(21)17-13-5-3-2-4-6-13/h2-6,12H,7-10H2,1H3,(H,17,21). The zero-order valence-electron chi connectivity index (χ0n) is 12.9. The van der Waals surface area contributed by atoms with E-state index in [-0.39, 0.29) is 17.7 Å². The summed E-state index contributed by atoms with van der Waals surface area (Å²) in [5.74, 6) is -0.122. The number of carbonyl (C=O) groups excluding carboxylic acids is 2. The van der Waals surface area contributed by atoms with Crippen molar-refractivity contribution < 1.29 is 9.59 Å². The Bertz CT molecular complexity index is 693. The Morgan fingerprint density at radius 1 is 1.17 bits per heavy atom. The van der Waals surface area contributed by atoms with Crippen molar-refractivity contribution in [3.05, 3.63) is 40.3 Å². The summed E-state index contributed by atoms with van der Waals surface area (Å²) in [5.41, 5.74) is 0.806. The van der Waals surface area contributed by atoms with Gasteiger partial charge in [-0.05, 0) is 31.9 Å². The van der Waals surface area contributed by atoms with Gasteiger partial charge in [-0.15, -0.1) is 10.2 Å². The molecule has 1 fully saturated rings. The van der Waals surface area contributed by atoms with Crippen molar-refractivity contribution in [2.75, 3.05) is 18.4 Å². The molecule has 23 heavy (non-hydrogen) atoms.